The second kappa shape index (κ2) is 3.70. The Kier molecular flexibility index (Phi) is 2.39. The number of anilines is 1. The van der Waals surface area contributed by atoms with Crippen molar-refractivity contribution in [3.8, 4) is 0 Å². The summed E-state index contributed by atoms with van der Waals surface area (Å²) >= 11 is 0. The minimum atomic E-state index is -0.145. The minimum absolute atomic E-state index is 0.145. The number of para-hydroxylation sites is 1. The lowest BCUT2D eigenvalue weighted by Gasteiger charge is -2.07. The first-order chi connectivity index (χ1) is 6.81. The molecule has 14 heavy (non-hydrogen) atoms. The Morgan fingerprint density at radius 1 is 1.57 bits per heavy atom. The molecule has 0 radical (unpaired) electrons. The molecule has 1 aromatic carbocycles. The van der Waals surface area contributed by atoms with Crippen molar-refractivity contribution in [2.45, 2.75) is 12.3 Å². The maximum absolute atomic E-state index is 11.1. The summed E-state index contributed by atoms with van der Waals surface area (Å²) in [7, 11) is 1.43. The zero-order chi connectivity index (χ0) is 9.97. The number of hydrogen-bond acceptors (Lipinski definition) is 3. The summed E-state index contributed by atoms with van der Waals surface area (Å²) in [6.45, 7) is 0.828. The van der Waals surface area contributed by atoms with Crippen molar-refractivity contribution in [2.24, 2.45) is 0 Å². The van der Waals surface area contributed by atoms with Gasteiger partial charge < -0.3 is 10.1 Å². The number of benzene rings is 1. The number of nitrogens with one attached hydrogen (secondary N) is 1. The van der Waals surface area contributed by atoms with Gasteiger partial charge in [-0.15, -0.1) is 0 Å². The van der Waals surface area contributed by atoms with Crippen molar-refractivity contribution in [3.63, 3.8) is 0 Å². The van der Waals surface area contributed by atoms with Crippen molar-refractivity contribution in [3.05, 3.63) is 29.8 Å². The van der Waals surface area contributed by atoms with Crippen LogP contribution >= 0.6 is 0 Å². The topological polar surface area (TPSA) is 38.3 Å². The van der Waals surface area contributed by atoms with Crippen molar-refractivity contribution in [2.75, 3.05) is 19.0 Å². The molecule has 0 spiro atoms. The Morgan fingerprint density at radius 2 is 2.36 bits per heavy atom. The van der Waals surface area contributed by atoms with Crippen LogP contribution in [0.4, 0.5) is 5.69 Å². The first-order valence-corrected chi connectivity index (χ1v) is 4.71. The van der Waals surface area contributed by atoms with E-state index < -0.39 is 0 Å². The number of rotatable bonds is 2. The van der Waals surface area contributed by atoms with Crippen LogP contribution in [0.5, 0.6) is 0 Å². The smallest absolute Gasteiger partial charge is 0.306 e. The van der Waals surface area contributed by atoms with Gasteiger partial charge in [0, 0.05) is 18.2 Å². The lowest BCUT2D eigenvalue weighted by molar-refractivity contribution is -0.140. The van der Waals surface area contributed by atoms with Gasteiger partial charge in [-0.3, -0.25) is 4.79 Å². The summed E-state index contributed by atoms with van der Waals surface area (Å²) in [4.78, 5) is 11.1. The highest BCUT2D eigenvalue weighted by atomic mass is 16.5. The summed E-state index contributed by atoms with van der Waals surface area (Å²) in [5.74, 6) is 0.118. The van der Waals surface area contributed by atoms with Crippen molar-refractivity contribution < 1.29 is 9.53 Å². The second-order valence-corrected chi connectivity index (χ2v) is 3.45. The largest absolute Gasteiger partial charge is 0.469 e. The molecule has 1 aliphatic rings. The third-order valence-electron chi connectivity index (χ3n) is 2.58. The van der Waals surface area contributed by atoms with Gasteiger partial charge in [0.2, 0.25) is 0 Å². The monoisotopic (exact) mass is 191 g/mol. The second-order valence-electron chi connectivity index (χ2n) is 3.45. The van der Waals surface area contributed by atoms with Gasteiger partial charge >= 0.3 is 5.97 Å². The predicted molar refractivity (Wildman–Crippen MR) is 54.3 cm³/mol. The van der Waals surface area contributed by atoms with Crippen LogP contribution in [0, 0.1) is 0 Å². The average molecular weight is 191 g/mol. The highest BCUT2D eigenvalue weighted by molar-refractivity contribution is 5.72. The van der Waals surface area contributed by atoms with E-state index in [1.54, 1.807) is 0 Å². The van der Waals surface area contributed by atoms with Crippen LogP contribution in [0.15, 0.2) is 24.3 Å². The molecule has 0 fully saturated rings. The van der Waals surface area contributed by atoms with Crippen LogP contribution in [0.1, 0.15) is 17.9 Å². The molecule has 0 saturated carbocycles. The van der Waals surface area contributed by atoms with Gasteiger partial charge in [0.1, 0.15) is 0 Å². The molecule has 74 valence electrons. The van der Waals surface area contributed by atoms with Crippen LogP contribution in [0.2, 0.25) is 0 Å². The van der Waals surface area contributed by atoms with E-state index in [1.165, 1.54) is 12.7 Å². The highest BCUT2D eigenvalue weighted by Gasteiger charge is 2.23. The maximum Gasteiger partial charge on any atom is 0.306 e. The van der Waals surface area contributed by atoms with Gasteiger partial charge in [-0.25, -0.2) is 0 Å². The van der Waals surface area contributed by atoms with Crippen LogP contribution in [-0.4, -0.2) is 19.6 Å². The first kappa shape index (κ1) is 9.06. The molecule has 2 rings (SSSR count). The molecule has 1 heterocycles. The van der Waals surface area contributed by atoms with Crippen LogP contribution < -0.4 is 5.32 Å². The van der Waals surface area contributed by atoms with Gasteiger partial charge in [-0.1, -0.05) is 18.2 Å². The van der Waals surface area contributed by atoms with Gasteiger partial charge in [-0.2, -0.15) is 0 Å². The molecule has 3 nitrogen and oxygen atoms in total. The van der Waals surface area contributed by atoms with Crippen molar-refractivity contribution in [1.29, 1.82) is 0 Å². The Hall–Kier alpha value is -1.51. The molecular formula is C11H13NO2. The number of carbonyl (C=O) groups excluding carboxylic acids is 1. The molecule has 0 amide bonds. The van der Waals surface area contributed by atoms with Crippen LogP contribution in [0.25, 0.3) is 0 Å². The van der Waals surface area contributed by atoms with E-state index in [9.17, 15) is 4.79 Å². The lowest BCUT2D eigenvalue weighted by Crippen LogP contribution is -2.10. The number of esters is 1. The van der Waals surface area contributed by atoms with Gasteiger partial charge in [0.15, 0.2) is 0 Å². The lowest BCUT2D eigenvalue weighted by atomic mass is 9.98. The Labute approximate surface area is 83.1 Å². The third-order valence-corrected chi connectivity index (χ3v) is 2.58. The van der Waals surface area contributed by atoms with E-state index >= 15 is 0 Å². The third kappa shape index (κ3) is 1.58. The van der Waals surface area contributed by atoms with E-state index in [1.807, 2.05) is 18.2 Å². The van der Waals surface area contributed by atoms with Gasteiger partial charge in [0.25, 0.3) is 0 Å². The van der Waals surface area contributed by atoms with Crippen LogP contribution in [0.3, 0.4) is 0 Å². The SMILES string of the molecule is COC(=O)C[C@@H]1CNc2ccccc21. The zero-order valence-corrected chi connectivity index (χ0v) is 8.12. The van der Waals surface area contributed by atoms with E-state index in [0.717, 1.165) is 12.2 Å². The molecule has 0 saturated heterocycles. The highest BCUT2D eigenvalue weighted by Crippen LogP contribution is 2.33. The molecule has 0 unspecified atom stereocenters. The fourth-order valence-electron chi connectivity index (χ4n) is 1.82. The van der Waals surface area contributed by atoms with Crippen molar-refractivity contribution in [1.82, 2.24) is 0 Å². The summed E-state index contributed by atoms with van der Waals surface area (Å²) in [5.41, 5.74) is 2.36. The standard InChI is InChI=1S/C11H13NO2/c1-14-11(13)6-8-7-12-10-5-3-2-4-9(8)10/h2-5,8,12H,6-7H2,1H3/t8-/m1/s1. The van der Waals surface area contributed by atoms with E-state index in [-0.39, 0.29) is 11.9 Å². The molecule has 1 aromatic rings. The molecule has 0 aromatic heterocycles. The molecule has 1 atom stereocenters. The van der Waals surface area contributed by atoms with Gasteiger partial charge in [-0.05, 0) is 11.6 Å². The average Bonchev–Trinajstić information content (AvgIpc) is 2.62. The summed E-state index contributed by atoms with van der Waals surface area (Å²) in [6.07, 6.45) is 0.459. The summed E-state index contributed by atoms with van der Waals surface area (Å²) in [5, 5.41) is 3.27. The Balaban J connectivity index is 2.14. The molecular weight excluding hydrogens is 178 g/mol. The molecule has 1 aliphatic heterocycles. The Bertz CT molecular complexity index is 349. The summed E-state index contributed by atoms with van der Waals surface area (Å²) in [6, 6.07) is 8.08. The van der Waals surface area contributed by atoms with Crippen LogP contribution in [-0.2, 0) is 9.53 Å². The fraction of sp³-hybridized carbons (Fsp3) is 0.364. The first-order valence-electron chi connectivity index (χ1n) is 4.71. The number of hydrogen-bond donors (Lipinski definition) is 1. The van der Waals surface area contributed by atoms with Crippen molar-refractivity contribution >= 4 is 11.7 Å². The molecule has 0 bridgehead atoms. The normalized spacial score (nSPS) is 18.5. The van der Waals surface area contributed by atoms with E-state index in [4.69, 9.17) is 0 Å². The Morgan fingerprint density at radius 3 is 3.14 bits per heavy atom. The predicted octanol–water partition coefficient (Wildman–Crippen LogP) is 1.76. The number of methoxy groups -OCH3 is 1. The summed E-state index contributed by atoms with van der Waals surface area (Å²) < 4.78 is 4.66. The quantitative estimate of drug-likeness (QED) is 0.724. The molecule has 0 aliphatic carbocycles. The number of carbonyl (C=O) groups is 1. The minimum Gasteiger partial charge on any atom is -0.469 e. The fourth-order valence-corrected chi connectivity index (χ4v) is 1.82. The molecule has 1 N–H and O–H groups in total. The van der Waals surface area contributed by atoms with Gasteiger partial charge in [0.05, 0.1) is 13.5 Å². The molecule has 3 heteroatoms. The van der Waals surface area contributed by atoms with E-state index in [2.05, 4.69) is 16.1 Å². The number of fused-ring (bicyclic) bond motifs is 1. The number of ether oxygens (including phenoxy) is 1. The van der Waals surface area contributed by atoms with E-state index in [0.29, 0.717) is 6.42 Å². The maximum atomic E-state index is 11.1. The zero-order valence-electron chi connectivity index (χ0n) is 8.12.